The molecule has 7 heteroatoms. The summed E-state index contributed by atoms with van der Waals surface area (Å²) in [5, 5.41) is 8.74. The van der Waals surface area contributed by atoms with Gasteiger partial charge < -0.3 is 14.7 Å². The first-order chi connectivity index (χ1) is 12.5. The number of carbonyl (C=O) groups is 1. The molecule has 0 bridgehead atoms. The van der Waals surface area contributed by atoms with E-state index in [2.05, 4.69) is 4.90 Å². The highest BCUT2D eigenvalue weighted by Crippen LogP contribution is 2.40. The van der Waals surface area contributed by atoms with Gasteiger partial charge in [-0.2, -0.15) is 0 Å². The molecule has 1 amide bonds. The van der Waals surface area contributed by atoms with Crippen LogP contribution in [0.2, 0.25) is 0 Å². The van der Waals surface area contributed by atoms with Crippen LogP contribution in [0.5, 0.6) is 0 Å². The molecule has 1 N–H and O–H groups in total. The standard InChI is InChI=1S/C19H26F2N2O3/c20-16-3-2-15(12-17(16)21)13-23-6-1-4-19(18(23)25)5-7-22(14-19)8-10-26-11-9-24/h2-3,12,24H,1,4-11,13-14H2. The van der Waals surface area contributed by atoms with E-state index in [1.807, 2.05) is 0 Å². The zero-order valence-electron chi connectivity index (χ0n) is 14.9. The fourth-order valence-electron chi connectivity index (χ4n) is 4.05. The van der Waals surface area contributed by atoms with E-state index in [1.54, 1.807) is 4.90 Å². The van der Waals surface area contributed by atoms with Gasteiger partial charge in [-0.05, 0) is 43.5 Å². The number of hydrogen-bond acceptors (Lipinski definition) is 4. The van der Waals surface area contributed by atoms with Crippen molar-refractivity contribution < 1.29 is 23.4 Å². The summed E-state index contributed by atoms with van der Waals surface area (Å²) in [5.41, 5.74) is 0.245. The topological polar surface area (TPSA) is 53.0 Å². The highest BCUT2D eigenvalue weighted by Gasteiger charge is 2.48. The van der Waals surface area contributed by atoms with Gasteiger partial charge in [0.15, 0.2) is 11.6 Å². The Kier molecular flexibility index (Phi) is 6.21. The molecule has 2 fully saturated rings. The zero-order valence-corrected chi connectivity index (χ0v) is 14.9. The molecule has 5 nitrogen and oxygen atoms in total. The molecular weight excluding hydrogens is 342 g/mol. The molecule has 1 aromatic carbocycles. The largest absolute Gasteiger partial charge is 0.394 e. The van der Waals surface area contributed by atoms with Gasteiger partial charge in [0.2, 0.25) is 5.91 Å². The maximum Gasteiger partial charge on any atom is 0.230 e. The van der Waals surface area contributed by atoms with Crippen molar-refractivity contribution in [1.82, 2.24) is 9.80 Å². The van der Waals surface area contributed by atoms with Gasteiger partial charge >= 0.3 is 0 Å². The quantitative estimate of drug-likeness (QED) is 0.746. The average molecular weight is 368 g/mol. The number of benzene rings is 1. The number of ether oxygens (including phenoxy) is 1. The number of amides is 1. The molecule has 144 valence electrons. The molecule has 0 aromatic heterocycles. The third kappa shape index (κ3) is 4.22. The number of halogens is 2. The second-order valence-corrected chi connectivity index (χ2v) is 7.22. The monoisotopic (exact) mass is 368 g/mol. The molecule has 2 saturated heterocycles. The van der Waals surface area contributed by atoms with Crippen molar-refractivity contribution in [2.24, 2.45) is 5.41 Å². The lowest BCUT2D eigenvalue weighted by atomic mass is 9.78. The summed E-state index contributed by atoms with van der Waals surface area (Å²) in [5.74, 6) is -1.63. The van der Waals surface area contributed by atoms with Gasteiger partial charge in [0.1, 0.15) is 0 Å². The van der Waals surface area contributed by atoms with Gasteiger partial charge in [0.25, 0.3) is 0 Å². The summed E-state index contributed by atoms with van der Waals surface area (Å²) in [6.45, 7) is 4.18. The number of piperidine rings is 1. The van der Waals surface area contributed by atoms with E-state index in [0.29, 0.717) is 38.4 Å². The molecule has 1 aromatic rings. The van der Waals surface area contributed by atoms with Crippen molar-refractivity contribution in [3.05, 3.63) is 35.4 Å². The van der Waals surface area contributed by atoms with Crippen molar-refractivity contribution in [2.45, 2.75) is 25.8 Å². The first kappa shape index (κ1) is 19.2. The van der Waals surface area contributed by atoms with Crippen LogP contribution >= 0.6 is 0 Å². The van der Waals surface area contributed by atoms with Crippen LogP contribution in [0, 0.1) is 17.0 Å². The van der Waals surface area contributed by atoms with E-state index < -0.39 is 11.6 Å². The molecule has 26 heavy (non-hydrogen) atoms. The summed E-state index contributed by atoms with van der Waals surface area (Å²) in [6.07, 6.45) is 2.61. The Morgan fingerprint density at radius 3 is 2.77 bits per heavy atom. The number of hydrogen-bond donors (Lipinski definition) is 1. The number of likely N-dealkylation sites (tertiary alicyclic amines) is 2. The second-order valence-electron chi connectivity index (χ2n) is 7.22. The maximum atomic E-state index is 13.4. The fraction of sp³-hybridized carbons (Fsp3) is 0.632. The van der Waals surface area contributed by atoms with Crippen LogP contribution in [-0.4, -0.2) is 66.8 Å². The minimum Gasteiger partial charge on any atom is -0.394 e. The Morgan fingerprint density at radius 1 is 1.15 bits per heavy atom. The molecule has 3 rings (SSSR count). The summed E-state index contributed by atoms with van der Waals surface area (Å²) < 4.78 is 31.9. The van der Waals surface area contributed by atoms with Gasteiger partial charge in [-0.25, -0.2) is 8.78 Å². The second kappa shape index (κ2) is 8.41. The number of rotatable bonds is 7. The Balaban J connectivity index is 1.59. The normalized spacial score (nSPS) is 24.0. The molecule has 2 heterocycles. The summed E-state index contributed by atoms with van der Waals surface area (Å²) in [4.78, 5) is 17.1. The van der Waals surface area contributed by atoms with E-state index in [1.165, 1.54) is 12.1 Å². The SMILES string of the molecule is O=C1N(Cc2ccc(F)c(F)c2)CCCC12CCN(CCOCCO)C2. The molecule has 1 atom stereocenters. The third-order valence-electron chi connectivity index (χ3n) is 5.40. The van der Waals surface area contributed by atoms with Gasteiger partial charge in [0, 0.05) is 26.2 Å². The van der Waals surface area contributed by atoms with Gasteiger partial charge in [0.05, 0.1) is 25.2 Å². The predicted molar refractivity (Wildman–Crippen MR) is 92.4 cm³/mol. The molecule has 1 unspecified atom stereocenters. The van der Waals surface area contributed by atoms with E-state index in [0.717, 1.165) is 38.4 Å². The summed E-state index contributed by atoms with van der Waals surface area (Å²) in [7, 11) is 0. The first-order valence-electron chi connectivity index (χ1n) is 9.18. The van der Waals surface area contributed by atoms with Gasteiger partial charge in [-0.1, -0.05) is 6.07 Å². The smallest absolute Gasteiger partial charge is 0.230 e. The molecule has 2 aliphatic rings. The van der Waals surface area contributed by atoms with Crippen LogP contribution in [-0.2, 0) is 16.1 Å². The minimum absolute atomic E-state index is 0.0152. The third-order valence-corrected chi connectivity index (χ3v) is 5.40. The average Bonchev–Trinajstić information content (AvgIpc) is 3.03. The summed E-state index contributed by atoms with van der Waals surface area (Å²) >= 11 is 0. The van der Waals surface area contributed by atoms with Gasteiger partial charge in [-0.3, -0.25) is 9.69 Å². The molecule has 2 aliphatic heterocycles. The molecule has 0 saturated carbocycles. The van der Waals surface area contributed by atoms with Crippen molar-refractivity contribution in [3.8, 4) is 0 Å². The van der Waals surface area contributed by atoms with Crippen molar-refractivity contribution >= 4 is 5.91 Å². The van der Waals surface area contributed by atoms with Gasteiger partial charge in [-0.15, -0.1) is 0 Å². The Morgan fingerprint density at radius 2 is 2.00 bits per heavy atom. The lowest BCUT2D eigenvalue weighted by Crippen LogP contribution is -2.49. The Labute approximate surface area is 152 Å². The number of aliphatic hydroxyl groups is 1. The van der Waals surface area contributed by atoms with Crippen LogP contribution in [0.25, 0.3) is 0 Å². The first-order valence-corrected chi connectivity index (χ1v) is 9.18. The molecule has 0 radical (unpaired) electrons. The van der Waals surface area contributed by atoms with Crippen molar-refractivity contribution in [2.75, 3.05) is 46.0 Å². The van der Waals surface area contributed by atoms with E-state index >= 15 is 0 Å². The highest BCUT2D eigenvalue weighted by molar-refractivity contribution is 5.84. The maximum absolute atomic E-state index is 13.4. The minimum atomic E-state index is -0.878. The fourth-order valence-corrected chi connectivity index (χ4v) is 4.05. The molecular formula is C19H26F2N2O3. The van der Waals surface area contributed by atoms with Crippen LogP contribution in [0.15, 0.2) is 18.2 Å². The Hall–Kier alpha value is -1.57. The van der Waals surface area contributed by atoms with E-state index in [9.17, 15) is 13.6 Å². The van der Waals surface area contributed by atoms with E-state index in [4.69, 9.17) is 9.84 Å². The van der Waals surface area contributed by atoms with Crippen molar-refractivity contribution in [1.29, 1.82) is 0 Å². The lowest BCUT2D eigenvalue weighted by molar-refractivity contribution is -0.146. The van der Waals surface area contributed by atoms with Crippen LogP contribution in [0.3, 0.4) is 0 Å². The number of nitrogens with zero attached hydrogens (tertiary/aromatic N) is 2. The van der Waals surface area contributed by atoms with Crippen LogP contribution < -0.4 is 0 Å². The predicted octanol–water partition coefficient (Wildman–Crippen LogP) is 1.79. The van der Waals surface area contributed by atoms with Crippen LogP contribution in [0.1, 0.15) is 24.8 Å². The lowest BCUT2D eigenvalue weighted by Gasteiger charge is -2.39. The van der Waals surface area contributed by atoms with E-state index in [-0.39, 0.29) is 17.9 Å². The molecule has 1 spiro atoms. The number of aliphatic hydroxyl groups excluding tert-OH is 1. The molecule has 0 aliphatic carbocycles. The highest BCUT2D eigenvalue weighted by atomic mass is 19.2. The van der Waals surface area contributed by atoms with Crippen LogP contribution in [0.4, 0.5) is 8.78 Å². The Bertz CT molecular complexity index is 643. The number of carbonyl (C=O) groups excluding carboxylic acids is 1. The van der Waals surface area contributed by atoms with Crippen molar-refractivity contribution in [3.63, 3.8) is 0 Å². The summed E-state index contributed by atoms with van der Waals surface area (Å²) in [6, 6.07) is 3.81. The zero-order chi connectivity index (χ0) is 18.6.